The van der Waals surface area contributed by atoms with Crippen LogP contribution in [0.1, 0.15) is 37.8 Å². The zero-order valence-electron chi connectivity index (χ0n) is 13.1. The fourth-order valence-electron chi connectivity index (χ4n) is 2.99. The molecule has 0 aliphatic carbocycles. The Labute approximate surface area is 122 Å². The zero-order chi connectivity index (χ0) is 14.8. The molecule has 2 heterocycles. The summed E-state index contributed by atoms with van der Waals surface area (Å²) in [5, 5.41) is 0. The third kappa shape index (κ3) is 3.49. The van der Waals surface area contributed by atoms with Crippen molar-refractivity contribution in [2.45, 2.75) is 51.7 Å². The lowest BCUT2D eigenvalue weighted by atomic mass is 9.94. The van der Waals surface area contributed by atoms with Crippen LogP contribution >= 0.6 is 0 Å². The second kappa shape index (κ2) is 6.10. The van der Waals surface area contributed by atoms with E-state index in [1.165, 1.54) is 11.1 Å². The van der Waals surface area contributed by atoms with Gasteiger partial charge in [0.1, 0.15) is 5.82 Å². The molecule has 0 aromatic carbocycles. The first-order valence-corrected chi connectivity index (χ1v) is 7.45. The predicted octanol–water partition coefficient (Wildman–Crippen LogP) is 2.29. The number of hydrogen-bond acceptors (Lipinski definition) is 4. The molecule has 1 fully saturated rings. The summed E-state index contributed by atoms with van der Waals surface area (Å²) in [5.41, 5.74) is 8.24. The van der Waals surface area contributed by atoms with Crippen molar-refractivity contribution in [1.29, 1.82) is 0 Å². The second-order valence-electron chi connectivity index (χ2n) is 6.34. The summed E-state index contributed by atoms with van der Waals surface area (Å²) in [4.78, 5) is 7.01. The first kappa shape index (κ1) is 15.3. The van der Waals surface area contributed by atoms with E-state index >= 15 is 0 Å². The van der Waals surface area contributed by atoms with Gasteiger partial charge in [0, 0.05) is 32.4 Å². The topological polar surface area (TPSA) is 51.4 Å². The summed E-state index contributed by atoms with van der Waals surface area (Å²) in [6, 6.07) is 2.39. The summed E-state index contributed by atoms with van der Waals surface area (Å²) in [5.74, 6) is 1.08. The molecule has 20 heavy (non-hydrogen) atoms. The van der Waals surface area contributed by atoms with E-state index in [4.69, 9.17) is 10.5 Å². The zero-order valence-corrected chi connectivity index (χ0v) is 13.1. The summed E-state index contributed by atoms with van der Waals surface area (Å²) in [7, 11) is 1.80. The van der Waals surface area contributed by atoms with Crippen molar-refractivity contribution in [3.05, 3.63) is 23.4 Å². The van der Waals surface area contributed by atoms with Crippen LogP contribution in [-0.2, 0) is 11.2 Å². The van der Waals surface area contributed by atoms with E-state index in [-0.39, 0.29) is 11.6 Å². The lowest BCUT2D eigenvalue weighted by Crippen LogP contribution is -2.48. The molecule has 0 amide bonds. The third-order valence-electron chi connectivity index (χ3n) is 4.12. The van der Waals surface area contributed by atoms with Crippen LogP contribution in [0.25, 0.3) is 0 Å². The molecule has 2 rings (SSSR count). The highest BCUT2D eigenvalue weighted by atomic mass is 16.5. The van der Waals surface area contributed by atoms with Gasteiger partial charge in [-0.1, -0.05) is 6.07 Å². The molecule has 1 aromatic rings. The lowest BCUT2D eigenvalue weighted by molar-refractivity contribution is -0.00483. The molecular formula is C16H27N3O. The maximum atomic E-state index is 5.85. The number of hydrogen-bond donors (Lipinski definition) is 1. The highest BCUT2D eigenvalue weighted by molar-refractivity contribution is 5.48. The fourth-order valence-corrected chi connectivity index (χ4v) is 2.99. The van der Waals surface area contributed by atoms with Crippen LogP contribution in [0.4, 0.5) is 5.82 Å². The molecule has 0 radical (unpaired) electrons. The molecule has 0 spiro atoms. The van der Waals surface area contributed by atoms with Gasteiger partial charge >= 0.3 is 0 Å². The molecule has 1 aliphatic rings. The van der Waals surface area contributed by atoms with Crippen molar-refractivity contribution in [2.75, 3.05) is 25.1 Å². The minimum absolute atomic E-state index is 0.0587. The first-order valence-electron chi connectivity index (χ1n) is 7.45. The van der Waals surface area contributed by atoms with Gasteiger partial charge in [0.05, 0.1) is 5.60 Å². The molecule has 2 unspecified atom stereocenters. The number of nitrogens with zero attached hydrogens (tertiary/aromatic N) is 2. The van der Waals surface area contributed by atoms with Gasteiger partial charge in [-0.05, 0) is 51.2 Å². The van der Waals surface area contributed by atoms with Crippen LogP contribution in [0, 0.1) is 6.92 Å². The third-order valence-corrected chi connectivity index (χ3v) is 4.12. The van der Waals surface area contributed by atoms with Gasteiger partial charge in [0.15, 0.2) is 0 Å². The van der Waals surface area contributed by atoms with Crippen molar-refractivity contribution >= 4 is 5.82 Å². The van der Waals surface area contributed by atoms with Crippen molar-refractivity contribution in [3.8, 4) is 0 Å². The molecule has 2 N–H and O–H groups in total. The molecule has 4 heteroatoms. The number of aryl methyl sites for hydroxylation is 1. The second-order valence-corrected chi connectivity index (χ2v) is 6.34. The molecule has 0 saturated carbocycles. The Bertz CT molecular complexity index is 461. The van der Waals surface area contributed by atoms with Gasteiger partial charge in [-0.2, -0.15) is 0 Å². The summed E-state index contributed by atoms with van der Waals surface area (Å²) in [6.07, 6.45) is 5.10. The molecule has 112 valence electrons. The molecule has 1 aromatic heterocycles. The number of aromatic nitrogens is 1. The van der Waals surface area contributed by atoms with Gasteiger partial charge in [-0.25, -0.2) is 4.98 Å². The van der Waals surface area contributed by atoms with E-state index in [0.29, 0.717) is 0 Å². The van der Waals surface area contributed by atoms with Gasteiger partial charge in [0.2, 0.25) is 0 Å². The average Bonchev–Trinajstić information content (AvgIpc) is 2.38. The van der Waals surface area contributed by atoms with E-state index in [0.717, 1.165) is 38.2 Å². The predicted molar refractivity (Wildman–Crippen MR) is 83.2 cm³/mol. The Morgan fingerprint density at radius 2 is 2.30 bits per heavy atom. The van der Waals surface area contributed by atoms with Crippen LogP contribution in [0.15, 0.2) is 12.3 Å². The van der Waals surface area contributed by atoms with Crippen molar-refractivity contribution < 1.29 is 4.74 Å². The molecular weight excluding hydrogens is 250 g/mol. The fraction of sp³-hybridized carbons (Fsp3) is 0.688. The summed E-state index contributed by atoms with van der Waals surface area (Å²) < 4.78 is 5.66. The Morgan fingerprint density at radius 1 is 1.55 bits per heavy atom. The standard InChI is InChI=1S/C16H27N3O/c1-12-8-14(9-13(2)17)10-18-15(12)19-7-5-6-16(3,11-19)20-4/h8,10,13H,5-7,9,11,17H2,1-4H3. The van der Waals surface area contributed by atoms with Crippen molar-refractivity contribution in [3.63, 3.8) is 0 Å². The van der Waals surface area contributed by atoms with Crippen LogP contribution in [-0.4, -0.2) is 36.8 Å². The molecule has 4 nitrogen and oxygen atoms in total. The number of piperidine rings is 1. The van der Waals surface area contributed by atoms with Crippen LogP contribution < -0.4 is 10.6 Å². The van der Waals surface area contributed by atoms with Crippen molar-refractivity contribution in [1.82, 2.24) is 4.98 Å². The summed E-state index contributed by atoms with van der Waals surface area (Å²) in [6.45, 7) is 8.30. The number of rotatable bonds is 4. The largest absolute Gasteiger partial charge is 0.377 e. The van der Waals surface area contributed by atoms with Gasteiger partial charge < -0.3 is 15.4 Å². The average molecular weight is 277 g/mol. The number of anilines is 1. The molecule has 2 atom stereocenters. The minimum atomic E-state index is -0.0587. The highest BCUT2D eigenvalue weighted by Crippen LogP contribution is 2.28. The van der Waals surface area contributed by atoms with Gasteiger partial charge in [-0.15, -0.1) is 0 Å². The Hall–Kier alpha value is -1.13. The smallest absolute Gasteiger partial charge is 0.131 e. The Balaban J connectivity index is 2.16. The molecule has 0 bridgehead atoms. The van der Waals surface area contributed by atoms with Gasteiger partial charge in [0.25, 0.3) is 0 Å². The monoisotopic (exact) mass is 277 g/mol. The number of pyridine rings is 1. The van der Waals surface area contributed by atoms with E-state index < -0.39 is 0 Å². The SMILES string of the molecule is COC1(C)CCCN(c2ncc(CC(C)N)cc2C)C1. The number of ether oxygens (including phenoxy) is 1. The maximum Gasteiger partial charge on any atom is 0.131 e. The number of nitrogens with two attached hydrogens (primary N) is 1. The van der Waals surface area contributed by atoms with Crippen LogP contribution in [0.5, 0.6) is 0 Å². The van der Waals surface area contributed by atoms with Crippen LogP contribution in [0.2, 0.25) is 0 Å². The lowest BCUT2D eigenvalue weighted by Gasteiger charge is -2.40. The highest BCUT2D eigenvalue weighted by Gasteiger charge is 2.31. The summed E-state index contributed by atoms with van der Waals surface area (Å²) >= 11 is 0. The normalized spacial score (nSPS) is 24.8. The molecule has 1 aliphatic heterocycles. The Kier molecular flexibility index (Phi) is 4.66. The van der Waals surface area contributed by atoms with Crippen molar-refractivity contribution in [2.24, 2.45) is 5.73 Å². The van der Waals surface area contributed by atoms with E-state index in [9.17, 15) is 0 Å². The van der Waals surface area contributed by atoms with E-state index in [1.807, 2.05) is 13.1 Å². The van der Waals surface area contributed by atoms with E-state index in [2.05, 4.69) is 29.8 Å². The van der Waals surface area contributed by atoms with Crippen LogP contribution in [0.3, 0.4) is 0 Å². The minimum Gasteiger partial charge on any atom is -0.377 e. The van der Waals surface area contributed by atoms with Gasteiger partial charge in [-0.3, -0.25) is 0 Å². The first-order chi connectivity index (χ1) is 9.43. The molecule has 1 saturated heterocycles. The Morgan fingerprint density at radius 3 is 2.90 bits per heavy atom. The number of methoxy groups -OCH3 is 1. The van der Waals surface area contributed by atoms with E-state index in [1.54, 1.807) is 7.11 Å². The maximum absolute atomic E-state index is 5.85. The quantitative estimate of drug-likeness (QED) is 0.917.